The minimum atomic E-state index is -0.299. The van der Waals surface area contributed by atoms with Crippen LogP contribution in [0.3, 0.4) is 0 Å². The molecule has 0 bridgehead atoms. The van der Waals surface area contributed by atoms with Crippen molar-refractivity contribution < 1.29 is 9.18 Å². The second-order valence-electron chi connectivity index (χ2n) is 6.03. The lowest BCUT2D eigenvalue weighted by atomic mass is 10.1. The minimum absolute atomic E-state index is 0.0970. The molecule has 0 atom stereocenters. The fraction of sp³-hybridized carbons (Fsp3) is 0.100. The van der Waals surface area contributed by atoms with Crippen LogP contribution >= 0.6 is 11.8 Å². The maximum Gasteiger partial charge on any atom is 0.230 e. The highest BCUT2D eigenvalue weighted by Gasteiger charge is 2.11. The molecule has 28 heavy (non-hydrogen) atoms. The van der Waals surface area contributed by atoms with Crippen molar-refractivity contribution in [2.45, 2.75) is 11.7 Å². The molecule has 0 radical (unpaired) electrons. The van der Waals surface area contributed by atoms with Crippen molar-refractivity contribution in [3.05, 3.63) is 78.1 Å². The van der Waals surface area contributed by atoms with Crippen molar-refractivity contribution in [3.8, 4) is 11.3 Å². The van der Waals surface area contributed by atoms with E-state index >= 15 is 0 Å². The van der Waals surface area contributed by atoms with E-state index in [9.17, 15) is 9.18 Å². The Morgan fingerprint density at radius 2 is 1.79 bits per heavy atom. The van der Waals surface area contributed by atoms with Gasteiger partial charge in [0.25, 0.3) is 0 Å². The highest BCUT2D eigenvalue weighted by atomic mass is 32.2. The van der Waals surface area contributed by atoms with Gasteiger partial charge in [-0.1, -0.05) is 42.1 Å². The number of fused-ring (bicyclic) bond motifs is 1. The highest BCUT2D eigenvalue weighted by Crippen LogP contribution is 2.21. The van der Waals surface area contributed by atoms with Gasteiger partial charge >= 0.3 is 0 Å². The molecule has 0 aliphatic heterocycles. The Bertz CT molecular complexity index is 1100. The number of hydrogen-bond donors (Lipinski definition) is 1. The number of benzene rings is 2. The van der Waals surface area contributed by atoms with E-state index in [4.69, 9.17) is 0 Å². The second-order valence-corrected chi connectivity index (χ2v) is 6.97. The Labute approximate surface area is 164 Å². The molecule has 0 aliphatic carbocycles. The molecule has 0 aliphatic rings. The zero-order valence-corrected chi connectivity index (χ0v) is 15.6. The van der Waals surface area contributed by atoms with E-state index in [0.29, 0.717) is 23.0 Å². The first-order chi connectivity index (χ1) is 13.7. The lowest BCUT2D eigenvalue weighted by molar-refractivity contribution is -0.118. The summed E-state index contributed by atoms with van der Waals surface area (Å²) < 4.78 is 14.7. The molecule has 1 N–H and O–H groups in total. The summed E-state index contributed by atoms with van der Waals surface area (Å²) in [4.78, 5) is 12.1. The summed E-state index contributed by atoms with van der Waals surface area (Å²) in [5.41, 5.74) is 3.08. The van der Waals surface area contributed by atoms with Crippen LogP contribution in [0, 0.1) is 5.82 Å². The van der Waals surface area contributed by atoms with Gasteiger partial charge in [0.05, 0.1) is 11.4 Å². The number of hydrogen-bond acceptors (Lipinski definition) is 5. The summed E-state index contributed by atoms with van der Waals surface area (Å²) in [6, 6.07) is 19.4. The van der Waals surface area contributed by atoms with Crippen molar-refractivity contribution in [2.75, 3.05) is 5.75 Å². The van der Waals surface area contributed by atoms with Crippen molar-refractivity contribution in [1.29, 1.82) is 0 Å². The normalized spacial score (nSPS) is 10.9. The molecule has 0 saturated carbocycles. The van der Waals surface area contributed by atoms with Gasteiger partial charge in [-0.3, -0.25) is 4.79 Å². The van der Waals surface area contributed by atoms with Crippen LogP contribution in [0.15, 0.2) is 71.9 Å². The van der Waals surface area contributed by atoms with Gasteiger partial charge in [-0.25, -0.2) is 4.39 Å². The van der Waals surface area contributed by atoms with Crippen LogP contribution in [0.5, 0.6) is 0 Å². The number of aromatic nitrogens is 4. The number of amides is 1. The summed E-state index contributed by atoms with van der Waals surface area (Å²) >= 11 is 1.26. The highest BCUT2D eigenvalue weighted by molar-refractivity contribution is 7.99. The van der Waals surface area contributed by atoms with Crippen LogP contribution in [0.2, 0.25) is 0 Å². The molecule has 2 heterocycles. The van der Waals surface area contributed by atoms with Crippen LogP contribution in [-0.4, -0.2) is 31.5 Å². The van der Waals surface area contributed by atoms with E-state index in [1.54, 1.807) is 28.8 Å². The Morgan fingerprint density at radius 3 is 2.57 bits per heavy atom. The van der Waals surface area contributed by atoms with E-state index in [1.807, 2.05) is 30.3 Å². The molecule has 0 spiro atoms. The van der Waals surface area contributed by atoms with Gasteiger partial charge in [0.2, 0.25) is 11.1 Å². The largest absolute Gasteiger partial charge is 0.351 e. The third-order valence-corrected chi connectivity index (χ3v) is 4.96. The second kappa shape index (κ2) is 8.18. The maximum atomic E-state index is 13.1. The number of rotatable bonds is 6. The summed E-state index contributed by atoms with van der Waals surface area (Å²) in [5, 5.41) is 16.1. The van der Waals surface area contributed by atoms with Gasteiger partial charge in [0.1, 0.15) is 5.82 Å². The smallest absolute Gasteiger partial charge is 0.230 e. The molecule has 0 unspecified atom stereocenters. The quantitative estimate of drug-likeness (QED) is 0.509. The van der Waals surface area contributed by atoms with Gasteiger partial charge in [0.15, 0.2) is 5.65 Å². The average molecular weight is 393 g/mol. The molecule has 6 nitrogen and oxygen atoms in total. The fourth-order valence-corrected chi connectivity index (χ4v) is 3.33. The first kappa shape index (κ1) is 18.1. The summed E-state index contributed by atoms with van der Waals surface area (Å²) in [6.45, 7) is 0.480. The number of nitrogens with zero attached hydrogens (tertiary/aromatic N) is 4. The summed E-state index contributed by atoms with van der Waals surface area (Å²) in [6.07, 6.45) is 0. The monoisotopic (exact) mass is 393 g/mol. The number of carbonyl (C=O) groups is 1. The third-order valence-electron chi connectivity index (χ3n) is 4.04. The molecular weight excluding hydrogens is 377 g/mol. The molecule has 2 aromatic carbocycles. The van der Waals surface area contributed by atoms with E-state index in [2.05, 4.69) is 20.6 Å². The predicted molar refractivity (Wildman–Crippen MR) is 105 cm³/mol. The van der Waals surface area contributed by atoms with Gasteiger partial charge in [-0.15, -0.1) is 10.2 Å². The molecular formula is C20H16FN5OS. The van der Waals surface area contributed by atoms with E-state index in [0.717, 1.165) is 11.1 Å². The Balaban J connectivity index is 1.44. The molecule has 4 rings (SSSR count). The molecule has 1 amide bonds. The minimum Gasteiger partial charge on any atom is -0.351 e. The number of halogens is 1. The maximum absolute atomic E-state index is 13.1. The molecule has 4 aromatic rings. The van der Waals surface area contributed by atoms with E-state index in [1.165, 1.54) is 23.9 Å². The molecule has 140 valence electrons. The number of thioether (sulfide) groups is 1. The van der Waals surface area contributed by atoms with Gasteiger partial charge < -0.3 is 5.32 Å². The fourth-order valence-electron chi connectivity index (χ4n) is 2.61. The predicted octanol–water partition coefficient (Wildman–Crippen LogP) is 3.34. The lowest BCUT2D eigenvalue weighted by Gasteiger charge is -2.05. The average Bonchev–Trinajstić information content (AvgIpc) is 3.14. The van der Waals surface area contributed by atoms with Gasteiger partial charge in [-0.2, -0.15) is 9.61 Å². The Kier molecular flexibility index (Phi) is 5.29. The SMILES string of the molecule is O=C(CSc1nnc2ccc(-c3ccc(F)cc3)nn12)NCc1ccccc1. The summed E-state index contributed by atoms with van der Waals surface area (Å²) in [7, 11) is 0. The Hall–Kier alpha value is -3.26. The number of nitrogens with one attached hydrogen (secondary N) is 1. The third kappa shape index (κ3) is 4.17. The van der Waals surface area contributed by atoms with Crippen molar-refractivity contribution in [2.24, 2.45) is 0 Å². The van der Waals surface area contributed by atoms with Crippen LogP contribution < -0.4 is 5.32 Å². The number of carbonyl (C=O) groups excluding carboxylic acids is 1. The van der Waals surface area contributed by atoms with Crippen molar-refractivity contribution >= 4 is 23.3 Å². The standard InChI is InChI=1S/C20H16FN5OS/c21-16-8-6-15(7-9-16)17-10-11-18-23-24-20(26(18)25-17)28-13-19(27)22-12-14-4-2-1-3-5-14/h1-11H,12-13H2,(H,22,27). The van der Waals surface area contributed by atoms with Crippen LogP contribution in [0.1, 0.15) is 5.56 Å². The van der Waals surface area contributed by atoms with Crippen LogP contribution in [-0.2, 0) is 11.3 Å². The van der Waals surface area contributed by atoms with Gasteiger partial charge in [-0.05, 0) is 42.0 Å². The summed E-state index contributed by atoms with van der Waals surface area (Å²) in [5.74, 6) is -0.192. The lowest BCUT2D eigenvalue weighted by Crippen LogP contribution is -2.24. The van der Waals surface area contributed by atoms with Crippen LogP contribution in [0.25, 0.3) is 16.9 Å². The molecule has 0 fully saturated rings. The Morgan fingerprint density at radius 1 is 1.00 bits per heavy atom. The van der Waals surface area contributed by atoms with E-state index < -0.39 is 0 Å². The van der Waals surface area contributed by atoms with Gasteiger partial charge in [0, 0.05) is 12.1 Å². The molecule has 8 heteroatoms. The molecule has 2 aromatic heterocycles. The topological polar surface area (TPSA) is 72.2 Å². The molecule has 0 saturated heterocycles. The van der Waals surface area contributed by atoms with Crippen LogP contribution in [0.4, 0.5) is 4.39 Å². The first-order valence-corrected chi connectivity index (χ1v) is 9.59. The zero-order valence-electron chi connectivity index (χ0n) is 14.7. The van der Waals surface area contributed by atoms with Crippen molar-refractivity contribution in [3.63, 3.8) is 0 Å². The van der Waals surface area contributed by atoms with E-state index in [-0.39, 0.29) is 17.5 Å². The first-order valence-electron chi connectivity index (χ1n) is 8.61. The van der Waals surface area contributed by atoms with Crippen molar-refractivity contribution in [1.82, 2.24) is 25.1 Å². The zero-order chi connectivity index (χ0) is 19.3.